The Hall–Kier alpha value is 0.250. The maximum Gasteiger partial charge on any atom is 0.0252 e. The number of rotatable bonds is 2. The van der Waals surface area contributed by atoms with Gasteiger partial charge in [-0.15, -0.1) is 11.6 Å². The first-order valence-electron chi connectivity index (χ1n) is 6.70. The van der Waals surface area contributed by atoms with Crippen LogP contribution in [0.15, 0.2) is 0 Å². The van der Waals surface area contributed by atoms with E-state index in [4.69, 9.17) is 11.6 Å². The highest BCUT2D eigenvalue weighted by atomic mass is 35.5. The van der Waals surface area contributed by atoms with Gasteiger partial charge in [-0.1, -0.05) is 19.3 Å². The second kappa shape index (κ2) is 6.10. The SMILES string of the molecule is ClCC1CCCN(C2CCCCC2)CC1. The lowest BCUT2D eigenvalue weighted by atomic mass is 9.94. The van der Waals surface area contributed by atoms with Crippen LogP contribution in [-0.4, -0.2) is 29.9 Å². The van der Waals surface area contributed by atoms with Crippen LogP contribution in [0.5, 0.6) is 0 Å². The van der Waals surface area contributed by atoms with E-state index in [2.05, 4.69) is 4.90 Å². The number of hydrogen-bond acceptors (Lipinski definition) is 1. The van der Waals surface area contributed by atoms with Gasteiger partial charge in [0.25, 0.3) is 0 Å². The van der Waals surface area contributed by atoms with Crippen molar-refractivity contribution in [3.05, 3.63) is 0 Å². The minimum atomic E-state index is 0.792. The zero-order valence-electron chi connectivity index (χ0n) is 9.76. The predicted octanol–water partition coefficient (Wildman–Crippen LogP) is 3.66. The van der Waals surface area contributed by atoms with E-state index in [0.29, 0.717) is 0 Å². The topological polar surface area (TPSA) is 3.24 Å². The molecular formula is C13H24ClN. The summed E-state index contributed by atoms with van der Waals surface area (Å²) in [6.07, 6.45) is 11.3. The van der Waals surface area contributed by atoms with Crippen molar-refractivity contribution in [3.8, 4) is 0 Å². The Bertz CT molecular complexity index is 177. The minimum Gasteiger partial charge on any atom is -0.300 e. The molecule has 0 aromatic rings. The van der Waals surface area contributed by atoms with E-state index < -0.39 is 0 Å². The van der Waals surface area contributed by atoms with Gasteiger partial charge < -0.3 is 4.90 Å². The summed E-state index contributed by atoms with van der Waals surface area (Å²) >= 11 is 5.97. The lowest BCUT2D eigenvalue weighted by Crippen LogP contribution is -2.37. The molecule has 88 valence electrons. The highest BCUT2D eigenvalue weighted by Gasteiger charge is 2.23. The molecule has 0 bridgehead atoms. The number of hydrogen-bond donors (Lipinski definition) is 0. The van der Waals surface area contributed by atoms with Crippen molar-refractivity contribution in [1.29, 1.82) is 0 Å². The Morgan fingerprint density at radius 1 is 0.867 bits per heavy atom. The summed E-state index contributed by atoms with van der Waals surface area (Å²) < 4.78 is 0. The fourth-order valence-electron chi connectivity index (χ4n) is 3.15. The molecule has 1 aliphatic carbocycles. The summed E-state index contributed by atoms with van der Waals surface area (Å²) in [4.78, 5) is 2.76. The molecule has 1 atom stereocenters. The zero-order valence-corrected chi connectivity index (χ0v) is 10.5. The molecule has 1 aliphatic heterocycles. The summed E-state index contributed by atoms with van der Waals surface area (Å²) in [5.74, 6) is 1.67. The van der Waals surface area contributed by atoms with Crippen LogP contribution in [-0.2, 0) is 0 Å². The largest absolute Gasteiger partial charge is 0.300 e. The quantitative estimate of drug-likeness (QED) is 0.654. The molecular weight excluding hydrogens is 206 g/mol. The van der Waals surface area contributed by atoms with Crippen molar-refractivity contribution in [1.82, 2.24) is 4.90 Å². The van der Waals surface area contributed by atoms with Gasteiger partial charge in [-0.2, -0.15) is 0 Å². The molecule has 15 heavy (non-hydrogen) atoms. The number of alkyl halides is 1. The van der Waals surface area contributed by atoms with Crippen molar-refractivity contribution in [3.63, 3.8) is 0 Å². The molecule has 0 aromatic carbocycles. The fourth-order valence-corrected chi connectivity index (χ4v) is 3.46. The van der Waals surface area contributed by atoms with Crippen molar-refractivity contribution >= 4 is 11.6 Å². The smallest absolute Gasteiger partial charge is 0.0252 e. The Kier molecular flexibility index (Phi) is 4.77. The first-order chi connectivity index (χ1) is 7.40. The standard InChI is InChI=1S/C13H24ClN/c14-11-12-5-4-9-15(10-8-12)13-6-2-1-3-7-13/h12-13H,1-11H2. The van der Waals surface area contributed by atoms with E-state index in [1.165, 1.54) is 64.5 Å². The van der Waals surface area contributed by atoms with Gasteiger partial charge in [0.05, 0.1) is 0 Å². The summed E-state index contributed by atoms with van der Waals surface area (Å²) in [5, 5.41) is 0. The van der Waals surface area contributed by atoms with Crippen molar-refractivity contribution in [2.24, 2.45) is 5.92 Å². The lowest BCUT2D eigenvalue weighted by molar-refractivity contribution is 0.160. The maximum absolute atomic E-state index is 5.97. The van der Waals surface area contributed by atoms with Crippen LogP contribution in [0.25, 0.3) is 0 Å². The van der Waals surface area contributed by atoms with E-state index in [-0.39, 0.29) is 0 Å². The van der Waals surface area contributed by atoms with Crippen molar-refractivity contribution in [2.45, 2.75) is 57.4 Å². The van der Waals surface area contributed by atoms with Crippen LogP contribution in [0.2, 0.25) is 0 Å². The molecule has 2 aliphatic rings. The number of halogens is 1. The predicted molar refractivity (Wildman–Crippen MR) is 66.5 cm³/mol. The van der Waals surface area contributed by atoms with Crippen LogP contribution in [0, 0.1) is 5.92 Å². The summed E-state index contributed by atoms with van der Waals surface area (Å²) in [6.45, 7) is 2.64. The van der Waals surface area contributed by atoms with Gasteiger partial charge >= 0.3 is 0 Å². The zero-order chi connectivity index (χ0) is 10.5. The molecule has 1 saturated carbocycles. The van der Waals surface area contributed by atoms with Gasteiger partial charge in [-0.25, -0.2) is 0 Å². The van der Waals surface area contributed by atoms with E-state index in [9.17, 15) is 0 Å². The molecule has 1 heterocycles. The van der Waals surface area contributed by atoms with Gasteiger partial charge in [-0.05, 0) is 51.1 Å². The van der Waals surface area contributed by atoms with Gasteiger partial charge in [0.15, 0.2) is 0 Å². The third-order valence-corrected chi connectivity index (χ3v) is 4.63. The van der Waals surface area contributed by atoms with Gasteiger partial charge in [-0.3, -0.25) is 0 Å². The van der Waals surface area contributed by atoms with E-state index in [1.807, 2.05) is 0 Å². The molecule has 2 fully saturated rings. The molecule has 0 radical (unpaired) electrons. The Labute approximate surface area is 99.2 Å². The Morgan fingerprint density at radius 2 is 1.67 bits per heavy atom. The molecule has 1 unspecified atom stereocenters. The van der Waals surface area contributed by atoms with E-state index in [0.717, 1.165) is 17.8 Å². The fraction of sp³-hybridized carbons (Fsp3) is 1.00. The first kappa shape index (κ1) is 11.7. The molecule has 1 saturated heterocycles. The second-order valence-electron chi connectivity index (χ2n) is 5.28. The molecule has 2 heteroatoms. The molecule has 2 rings (SSSR count). The van der Waals surface area contributed by atoms with Gasteiger partial charge in [0.2, 0.25) is 0 Å². The molecule has 0 spiro atoms. The molecule has 1 nitrogen and oxygen atoms in total. The lowest BCUT2D eigenvalue weighted by Gasteiger charge is -2.33. The van der Waals surface area contributed by atoms with Crippen molar-refractivity contribution in [2.75, 3.05) is 19.0 Å². The highest BCUT2D eigenvalue weighted by molar-refractivity contribution is 6.18. The van der Waals surface area contributed by atoms with Crippen LogP contribution in [0.1, 0.15) is 51.4 Å². The minimum absolute atomic E-state index is 0.792. The molecule has 0 N–H and O–H groups in total. The van der Waals surface area contributed by atoms with Crippen LogP contribution in [0.4, 0.5) is 0 Å². The van der Waals surface area contributed by atoms with Crippen molar-refractivity contribution < 1.29 is 0 Å². The number of nitrogens with zero attached hydrogens (tertiary/aromatic N) is 1. The van der Waals surface area contributed by atoms with Gasteiger partial charge in [0, 0.05) is 11.9 Å². The number of likely N-dealkylation sites (tertiary alicyclic amines) is 1. The second-order valence-corrected chi connectivity index (χ2v) is 5.59. The Morgan fingerprint density at radius 3 is 2.40 bits per heavy atom. The summed E-state index contributed by atoms with van der Waals surface area (Å²) in [6, 6.07) is 0.910. The first-order valence-corrected chi connectivity index (χ1v) is 7.23. The highest BCUT2D eigenvalue weighted by Crippen LogP contribution is 2.26. The van der Waals surface area contributed by atoms with E-state index >= 15 is 0 Å². The Balaban J connectivity index is 1.81. The maximum atomic E-state index is 5.97. The van der Waals surface area contributed by atoms with Crippen LogP contribution in [0.3, 0.4) is 0 Å². The van der Waals surface area contributed by atoms with Crippen LogP contribution >= 0.6 is 11.6 Å². The average Bonchev–Trinajstić information content (AvgIpc) is 2.55. The third kappa shape index (κ3) is 3.35. The molecule has 0 amide bonds. The normalized spacial score (nSPS) is 31.4. The average molecular weight is 230 g/mol. The van der Waals surface area contributed by atoms with Gasteiger partial charge in [0.1, 0.15) is 0 Å². The molecule has 0 aromatic heterocycles. The summed E-state index contributed by atoms with van der Waals surface area (Å²) in [5.41, 5.74) is 0. The van der Waals surface area contributed by atoms with E-state index in [1.54, 1.807) is 0 Å². The third-order valence-electron chi connectivity index (χ3n) is 4.19. The van der Waals surface area contributed by atoms with Crippen LogP contribution < -0.4 is 0 Å². The summed E-state index contributed by atoms with van der Waals surface area (Å²) in [7, 11) is 0. The monoisotopic (exact) mass is 229 g/mol.